The van der Waals surface area contributed by atoms with Crippen LogP contribution in [-0.2, 0) is 14.8 Å². The van der Waals surface area contributed by atoms with E-state index in [1.807, 2.05) is 0 Å². The molecule has 1 heterocycles. The zero-order valence-electron chi connectivity index (χ0n) is 10.8. The fourth-order valence-corrected chi connectivity index (χ4v) is 5.05. The third-order valence-corrected chi connectivity index (χ3v) is 6.10. The van der Waals surface area contributed by atoms with Crippen LogP contribution in [0.3, 0.4) is 0 Å². The number of halogens is 2. The Kier molecular flexibility index (Phi) is 4.59. The minimum Gasteiger partial charge on any atom is -0.358 e. The van der Waals surface area contributed by atoms with Crippen LogP contribution in [-0.4, -0.2) is 38.3 Å². The summed E-state index contributed by atoms with van der Waals surface area (Å²) in [4.78, 5) is 11.6. The minimum atomic E-state index is -3.90. The van der Waals surface area contributed by atoms with Crippen LogP contribution in [0.4, 0.5) is 0 Å². The third-order valence-electron chi connectivity index (χ3n) is 3.24. The second-order valence-corrected chi connectivity index (χ2v) is 7.08. The monoisotopic (exact) mass is 336 g/mol. The molecule has 1 aliphatic heterocycles. The summed E-state index contributed by atoms with van der Waals surface area (Å²) >= 11 is 11.9. The zero-order chi connectivity index (χ0) is 14.9. The normalized spacial score (nSPS) is 20.1. The van der Waals surface area contributed by atoms with Gasteiger partial charge in [0.2, 0.25) is 15.9 Å². The first kappa shape index (κ1) is 15.6. The van der Waals surface area contributed by atoms with Crippen molar-refractivity contribution < 1.29 is 13.2 Å². The van der Waals surface area contributed by atoms with Gasteiger partial charge in [0.05, 0.1) is 10.0 Å². The van der Waals surface area contributed by atoms with E-state index < -0.39 is 16.1 Å². The van der Waals surface area contributed by atoms with E-state index in [-0.39, 0.29) is 27.4 Å². The Balaban J connectivity index is 2.47. The highest BCUT2D eigenvalue weighted by atomic mass is 35.5. The fourth-order valence-electron chi connectivity index (χ4n) is 2.30. The lowest BCUT2D eigenvalue weighted by Gasteiger charge is -2.23. The molecule has 1 amide bonds. The molecule has 1 aromatic rings. The number of hydrogen-bond acceptors (Lipinski definition) is 3. The van der Waals surface area contributed by atoms with Gasteiger partial charge in [0.1, 0.15) is 10.9 Å². The fraction of sp³-hybridized carbons (Fsp3) is 0.417. The van der Waals surface area contributed by atoms with Crippen LogP contribution in [0, 0.1) is 0 Å². The van der Waals surface area contributed by atoms with Gasteiger partial charge >= 0.3 is 0 Å². The van der Waals surface area contributed by atoms with Gasteiger partial charge in [-0.25, -0.2) is 8.42 Å². The molecular weight excluding hydrogens is 323 g/mol. The van der Waals surface area contributed by atoms with Crippen molar-refractivity contribution in [3.63, 3.8) is 0 Å². The van der Waals surface area contributed by atoms with Crippen molar-refractivity contribution >= 4 is 39.1 Å². The Hall–Kier alpha value is -0.820. The van der Waals surface area contributed by atoms with Crippen LogP contribution in [0.1, 0.15) is 12.8 Å². The molecule has 0 aromatic heterocycles. The predicted molar refractivity (Wildman–Crippen MR) is 77.4 cm³/mol. The summed E-state index contributed by atoms with van der Waals surface area (Å²) in [5.41, 5.74) is 0. The zero-order valence-corrected chi connectivity index (χ0v) is 13.1. The molecule has 1 atom stereocenters. The molecule has 20 heavy (non-hydrogen) atoms. The molecule has 0 bridgehead atoms. The van der Waals surface area contributed by atoms with Crippen molar-refractivity contribution in [2.75, 3.05) is 13.6 Å². The van der Waals surface area contributed by atoms with Gasteiger partial charge in [-0.05, 0) is 25.0 Å². The van der Waals surface area contributed by atoms with Crippen molar-refractivity contribution in [3.05, 3.63) is 28.2 Å². The van der Waals surface area contributed by atoms with Gasteiger partial charge in [0.25, 0.3) is 0 Å². The molecule has 5 nitrogen and oxygen atoms in total. The van der Waals surface area contributed by atoms with E-state index in [0.29, 0.717) is 12.8 Å². The Morgan fingerprint density at radius 3 is 2.50 bits per heavy atom. The Bertz CT molecular complexity index is 613. The summed E-state index contributed by atoms with van der Waals surface area (Å²) in [6.07, 6.45) is 1.11. The maximum atomic E-state index is 12.7. The molecule has 0 spiro atoms. The van der Waals surface area contributed by atoms with E-state index in [2.05, 4.69) is 5.32 Å². The number of carbonyl (C=O) groups excluding carboxylic acids is 1. The number of hydrogen-bond donors (Lipinski definition) is 1. The molecule has 1 aromatic carbocycles. The molecule has 2 rings (SSSR count). The molecule has 0 radical (unpaired) electrons. The van der Waals surface area contributed by atoms with E-state index in [0.717, 1.165) is 0 Å². The maximum absolute atomic E-state index is 12.7. The van der Waals surface area contributed by atoms with Gasteiger partial charge in [-0.2, -0.15) is 4.31 Å². The summed E-state index contributed by atoms with van der Waals surface area (Å²) in [6, 6.07) is 3.79. The van der Waals surface area contributed by atoms with Crippen molar-refractivity contribution in [1.82, 2.24) is 9.62 Å². The van der Waals surface area contributed by atoms with Crippen LogP contribution in [0.2, 0.25) is 10.0 Å². The van der Waals surface area contributed by atoms with Crippen LogP contribution in [0.5, 0.6) is 0 Å². The maximum Gasteiger partial charge on any atom is 0.246 e. The highest BCUT2D eigenvalue weighted by Gasteiger charge is 2.40. The van der Waals surface area contributed by atoms with Gasteiger partial charge in [0.15, 0.2) is 0 Å². The summed E-state index contributed by atoms with van der Waals surface area (Å²) in [6.45, 7) is 0.280. The van der Waals surface area contributed by atoms with Crippen LogP contribution in [0.25, 0.3) is 0 Å². The highest BCUT2D eigenvalue weighted by Crippen LogP contribution is 2.34. The van der Waals surface area contributed by atoms with Crippen LogP contribution in [0.15, 0.2) is 23.1 Å². The molecule has 1 saturated heterocycles. The number of rotatable bonds is 3. The average Bonchev–Trinajstić information content (AvgIpc) is 2.87. The number of nitrogens with zero attached hydrogens (tertiary/aromatic N) is 1. The van der Waals surface area contributed by atoms with E-state index in [1.165, 1.54) is 23.5 Å². The summed E-state index contributed by atoms with van der Waals surface area (Å²) in [7, 11) is -2.42. The molecule has 1 N–H and O–H groups in total. The summed E-state index contributed by atoms with van der Waals surface area (Å²) in [5, 5.41) is 2.59. The van der Waals surface area contributed by atoms with E-state index in [1.54, 1.807) is 6.07 Å². The first-order valence-electron chi connectivity index (χ1n) is 6.07. The molecule has 8 heteroatoms. The van der Waals surface area contributed by atoms with Crippen molar-refractivity contribution in [2.24, 2.45) is 0 Å². The van der Waals surface area contributed by atoms with Gasteiger partial charge < -0.3 is 5.32 Å². The van der Waals surface area contributed by atoms with E-state index >= 15 is 0 Å². The Morgan fingerprint density at radius 1 is 1.35 bits per heavy atom. The Labute approximate surface area is 127 Å². The predicted octanol–water partition coefficient (Wildman–Crippen LogP) is 1.89. The smallest absolute Gasteiger partial charge is 0.246 e. The van der Waals surface area contributed by atoms with Crippen molar-refractivity contribution in [2.45, 2.75) is 23.8 Å². The summed E-state index contributed by atoms with van der Waals surface area (Å²) in [5.74, 6) is -0.325. The van der Waals surface area contributed by atoms with Gasteiger partial charge in [0, 0.05) is 13.6 Å². The molecule has 1 unspecified atom stereocenters. The van der Waals surface area contributed by atoms with Crippen LogP contribution >= 0.6 is 23.2 Å². The number of sulfonamides is 1. The van der Waals surface area contributed by atoms with Gasteiger partial charge in [-0.3, -0.25) is 4.79 Å². The molecule has 0 aliphatic carbocycles. The van der Waals surface area contributed by atoms with E-state index in [9.17, 15) is 13.2 Å². The number of nitrogens with one attached hydrogen (secondary N) is 1. The highest BCUT2D eigenvalue weighted by molar-refractivity contribution is 7.89. The number of likely N-dealkylation sites (N-methyl/N-ethyl adjacent to an activating group) is 1. The lowest BCUT2D eigenvalue weighted by Crippen LogP contribution is -2.44. The quantitative estimate of drug-likeness (QED) is 0.916. The summed E-state index contributed by atoms with van der Waals surface area (Å²) < 4.78 is 26.5. The standard InChI is InChI=1S/C12H14Cl2N2O3S/c1-15-12(17)10-6-3-7-16(10)20(18,19)11-8(13)4-2-5-9(11)14/h2,4-5,10H,3,6-7H2,1H3,(H,15,17). The van der Waals surface area contributed by atoms with Gasteiger partial charge in [-0.15, -0.1) is 0 Å². The lowest BCUT2D eigenvalue weighted by molar-refractivity contribution is -0.123. The average molecular weight is 337 g/mol. The molecule has 1 aliphatic rings. The largest absolute Gasteiger partial charge is 0.358 e. The first-order chi connectivity index (χ1) is 9.39. The van der Waals surface area contributed by atoms with Gasteiger partial charge in [-0.1, -0.05) is 29.3 Å². The third kappa shape index (κ3) is 2.65. The second kappa shape index (κ2) is 5.89. The number of benzene rings is 1. The molecule has 110 valence electrons. The number of carbonyl (C=O) groups is 1. The Morgan fingerprint density at radius 2 is 1.95 bits per heavy atom. The van der Waals surface area contributed by atoms with Crippen molar-refractivity contribution in [1.29, 1.82) is 0 Å². The molecule has 1 fully saturated rings. The minimum absolute atomic E-state index is 0.0556. The second-order valence-electron chi connectivity index (χ2n) is 4.44. The van der Waals surface area contributed by atoms with Crippen molar-refractivity contribution in [3.8, 4) is 0 Å². The van der Waals surface area contributed by atoms with Crippen LogP contribution < -0.4 is 5.32 Å². The van der Waals surface area contributed by atoms with E-state index in [4.69, 9.17) is 23.2 Å². The SMILES string of the molecule is CNC(=O)C1CCCN1S(=O)(=O)c1c(Cl)cccc1Cl. The molecule has 0 saturated carbocycles. The number of amides is 1. The molecular formula is C12H14Cl2N2O3S. The topological polar surface area (TPSA) is 66.5 Å². The lowest BCUT2D eigenvalue weighted by atomic mass is 10.2. The first-order valence-corrected chi connectivity index (χ1v) is 8.26.